The second kappa shape index (κ2) is 11.1. The molecule has 0 bridgehead atoms. The molecule has 1 unspecified atom stereocenters. The highest BCUT2D eigenvalue weighted by molar-refractivity contribution is 6.06. The van der Waals surface area contributed by atoms with Crippen molar-refractivity contribution in [2.75, 3.05) is 36.6 Å². The minimum atomic E-state index is -0.592. The van der Waals surface area contributed by atoms with Crippen LogP contribution in [0.2, 0.25) is 0 Å². The van der Waals surface area contributed by atoms with E-state index in [4.69, 9.17) is 18.9 Å². The molecule has 0 fully saturated rings. The van der Waals surface area contributed by atoms with Gasteiger partial charge < -0.3 is 29.2 Å². The second-order valence-electron chi connectivity index (χ2n) is 8.34. The second-order valence-corrected chi connectivity index (χ2v) is 8.34. The van der Waals surface area contributed by atoms with Gasteiger partial charge in [0.2, 0.25) is 5.75 Å². The van der Waals surface area contributed by atoms with Gasteiger partial charge in [0.05, 0.1) is 25.5 Å². The molecule has 1 aliphatic rings. The first-order valence-electron chi connectivity index (χ1n) is 11.8. The van der Waals surface area contributed by atoms with E-state index in [0.29, 0.717) is 72.2 Å². The van der Waals surface area contributed by atoms with Gasteiger partial charge in [-0.15, -0.1) is 0 Å². The van der Waals surface area contributed by atoms with E-state index in [9.17, 15) is 9.59 Å². The van der Waals surface area contributed by atoms with Gasteiger partial charge >= 0.3 is 0 Å². The Bertz CT molecular complexity index is 1010. The number of nitrogens with zero attached hydrogens (tertiary/aromatic N) is 1. The normalized spacial score (nSPS) is 15.0. The van der Waals surface area contributed by atoms with Gasteiger partial charge in [-0.1, -0.05) is 13.8 Å². The first-order valence-corrected chi connectivity index (χ1v) is 11.8. The maximum atomic E-state index is 13.1. The number of fused-ring (bicyclic) bond motifs is 1. The largest absolute Gasteiger partial charge is 0.490 e. The van der Waals surface area contributed by atoms with E-state index < -0.39 is 6.10 Å². The molecule has 0 aliphatic carbocycles. The van der Waals surface area contributed by atoms with Crippen molar-refractivity contribution in [1.82, 2.24) is 0 Å². The molecule has 34 heavy (non-hydrogen) atoms. The quantitative estimate of drug-likeness (QED) is 0.531. The smallest absolute Gasteiger partial charge is 0.267 e. The summed E-state index contributed by atoms with van der Waals surface area (Å²) in [4.78, 5) is 27.5. The molecule has 3 rings (SSSR count). The number of carbonyl (C=O) groups excluding carboxylic acids is 2. The molecule has 8 nitrogen and oxygen atoms in total. The molecular formula is C26H34N2O6. The molecule has 1 N–H and O–H groups in total. The van der Waals surface area contributed by atoms with Crippen molar-refractivity contribution in [2.45, 2.75) is 47.6 Å². The number of ether oxygens (including phenoxy) is 4. The van der Waals surface area contributed by atoms with Crippen molar-refractivity contribution < 1.29 is 28.5 Å². The van der Waals surface area contributed by atoms with Crippen molar-refractivity contribution in [3.05, 3.63) is 35.9 Å². The summed E-state index contributed by atoms with van der Waals surface area (Å²) in [5.41, 5.74) is 1.63. The summed E-state index contributed by atoms with van der Waals surface area (Å²) in [5.74, 6) is 1.84. The fourth-order valence-electron chi connectivity index (χ4n) is 3.76. The molecule has 2 aromatic carbocycles. The number of hydrogen-bond donors (Lipinski definition) is 1. The molecule has 0 spiro atoms. The Morgan fingerprint density at radius 1 is 1.03 bits per heavy atom. The standard InChI is InChI=1S/C26H34N2O6/c1-7-31-22-12-18(13-23(32-8-2)24(22)33-9-3)25(29)27-19-10-11-20-21(14-19)34-17(6)26(30)28(20)15-16(4)5/h10-14,16-17H,7-9,15H2,1-6H3,(H,27,29). The lowest BCUT2D eigenvalue weighted by atomic mass is 10.1. The van der Waals surface area contributed by atoms with Gasteiger partial charge in [0, 0.05) is 23.9 Å². The number of carbonyl (C=O) groups is 2. The van der Waals surface area contributed by atoms with E-state index in [1.165, 1.54) is 0 Å². The van der Waals surface area contributed by atoms with Crippen LogP contribution in [-0.2, 0) is 4.79 Å². The van der Waals surface area contributed by atoms with Crippen LogP contribution < -0.4 is 29.2 Å². The summed E-state index contributed by atoms with van der Waals surface area (Å²) in [5, 5.41) is 2.91. The van der Waals surface area contributed by atoms with E-state index in [0.717, 1.165) is 0 Å². The number of benzene rings is 2. The fraction of sp³-hybridized carbons (Fsp3) is 0.462. The van der Waals surface area contributed by atoms with E-state index >= 15 is 0 Å². The van der Waals surface area contributed by atoms with Crippen molar-refractivity contribution in [3.8, 4) is 23.0 Å². The summed E-state index contributed by atoms with van der Waals surface area (Å²) in [7, 11) is 0. The lowest BCUT2D eigenvalue weighted by Crippen LogP contribution is -2.46. The number of amides is 2. The van der Waals surface area contributed by atoms with Crippen molar-refractivity contribution >= 4 is 23.2 Å². The zero-order chi connectivity index (χ0) is 24.8. The molecule has 1 heterocycles. The number of nitrogens with one attached hydrogen (secondary N) is 1. The van der Waals surface area contributed by atoms with Gasteiger partial charge in [0.25, 0.3) is 11.8 Å². The van der Waals surface area contributed by atoms with Crippen molar-refractivity contribution in [1.29, 1.82) is 0 Å². The van der Waals surface area contributed by atoms with Crippen molar-refractivity contribution in [2.24, 2.45) is 5.92 Å². The maximum absolute atomic E-state index is 13.1. The van der Waals surface area contributed by atoms with Crippen LogP contribution in [0.3, 0.4) is 0 Å². The monoisotopic (exact) mass is 470 g/mol. The van der Waals surface area contributed by atoms with Crippen LogP contribution in [0.4, 0.5) is 11.4 Å². The topological polar surface area (TPSA) is 86.3 Å². The fourth-order valence-corrected chi connectivity index (χ4v) is 3.76. The Morgan fingerprint density at radius 2 is 1.65 bits per heavy atom. The number of anilines is 2. The Morgan fingerprint density at radius 3 is 2.21 bits per heavy atom. The van der Waals surface area contributed by atoms with Crippen LogP contribution in [0.5, 0.6) is 23.0 Å². The lowest BCUT2D eigenvalue weighted by molar-refractivity contribution is -0.125. The third kappa shape index (κ3) is 5.55. The SMILES string of the molecule is CCOc1cc(C(=O)Nc2ccc3c(c2)OC(C)C(=O)N3CC(C)C)cc(OCC)c1OCC. The number of rotatable bonds is 10. The Hall–Kier alpha value is -3.42. The predicted molar refractivity (Wildman–Crippen MR) is 132 cm³/mol. The summed E-state index contributed by atoms with van der Waals surface area (Å²) in [6, 6.07) is 8.59. The van der Waals surface area contributed by atoms with Crippen molar-refractivity contribution in [3.63, 3.8) is 0 Å². The molecule has 2 amide bonds. The summed E-state index contributed by atoms with van der Waals surface area (Å²) in [6.07, 6.45) is -0.592. The average Bonchev–Trinajstić information content (AvgIpc) is 2.78. The predicted octanol–water partition coefficient (Wildman–Crippen LogP) is 4.90. The third-order valence-corrected chi connectivity index (χ3v) is 5.15. The minimum Gasteiger partial charge on any atom is -0.490 e. The van der Waals surface area contributed by atoms with E-state index in [1.807, 2.05) is 20.8 Å². The van der Waals surface area contributed by atoms with Gasteiger partial charge in [-0.05, 0) is 57.9 Å². The summed E-state index contributed by atoms with van der Waals surface area (Å²) in [6.45, 7) is 13.3. The van der Waals surface area contributed by atoms with Crippen LogP contribution in [0.1, 0.15) is 51.9 Å². The van der Waals surface area contributed by atoms with Gasteiger partial charge in [0.1, 0.15) is 5.75 Å². The molecule has 0 saturated carbocycles. The molecule has 0 aromatic heterocycles. The molecule has 184 valence electrons. The first-order chi connectivity index (χ1) is 16.3. The van der Waals surface area contributed by atoms with Gasteiger partial charge in [-0.3, -0.25) is 9.59 Å². The highest BCUT2D eigenvalue weighted by Crippen LogP contribution is 2.40. The van der Waals surface area contributed by atoms with Crippen LogP contribution in [0, 0.1) is 5.92 Å². The lowest BCUT2D eigenvalue weighted by Gasteiger charge is -2.34. The number of hydrogen-bond acceptors (Lipinski definition) is 6. The Kier molecular flexibility index (Phi) is 8.26. The molecular weight excluding hydrogens is 436 g/mol. The van der Waals surface area contributed by atoms with Crippen LogP contribution >= 0.6 is 0 Å². The molecule has 1 atom stereocenters. The van der Waals surface area contributed by atoms with Gasteiger partial charge in [-0.2, -0.15) is 0 Å². The molecule has 2 aromatic rings. The Balaban J connectivity index is 1.90. The van der Waals surface area contributed by atoms with Crippen LogP contribution in [0.25, 0.3) is 0 Å². The average molecular weight is 471 g/mol. The highest BCUT2D eigenvalue weighted by Gasteiger charge is 2.32. The molecule has 8 heteroatoms. The first kappa shape index (κ1) is 25.2. The van der Waals surface area contributed by atoms with Gasteiger partial charge in [-0.25, -0.2) is 0 Å². The summed E-state index contributed by atoms with van der Waals surface area (Å²) < 4.78 is 23.0. The molecule has 0 saturated heterocycles. The van der Waals surface area contributed by atoms with E-state index in [2.05, 4.69) is 19.2 Å². The van der Waals surface area contributed by atoms with E-state index in [1.54, 1.807) is 42.2 Å². The molecule has 1 aliphatic heterocycles. The Labute approximate surface area is 201 Å². The molecule has 0 radical (unpaired) electrons. The van der Waals surface area contributed by atoms with Crippen LogP contribution in [0.15, 0.2) is 30.3 Å². The van der Waals surface area contributed by atoms with Crippen LogP contribution in [-0.4, -0.2) is 44.3 Å². The highest BCUT2D eigenvalue weighted by atomic mass is 16.5. The zero-order valence-electron chi connectivity index (χ0n) is 20.8. The zero-order valence-corrected chi connectivity index (χ0v) is 20.8. The summed E-state index contributed by atoms with van der Waals surface area (Å²) >= 11 is 0. The minimum absolute atomic E-state index is 0.0701. The maximum Gasteiger partial charge on any atom is 0.267 e. The van der Waals surface area contributed by atoms with Gasteiger partial charge in [0.15, 0.2) is 17.6 Å². The third-order valence-electron chi connectivity index (χ3n) is 5.15. The van der Waals surface area contributed by atoms with E-state index in [-0.39, 0.29) is 11.8 Å².